The lowest BCUT2D eigenvalue weighted by Gasteiger charge is -2.20. The Morgan fingerprint density at radius 2 is 1.95 bits per heavy atom. The Morgan fingerprint density at radius 3 is 2.37 bits per heavy atom. The lowest BCUT2D eigenvalue weighted by Crippen LogP contribution is -2.21. The number of nitrogens with zero attached hydrogens (tertiary/aromatic N) is 1. The minimum absolute atomic E-state index is 0.0497. The summed E-state index contributed by atoms with van der Waals surface area (Å²) in [5.41, 5.74) is 1.30. The molecule has 0 aliphatic carbocycles. The van der Waals surface area contributed by atoms with Gasteiger partial charge in [-0.3, -0.25) is 10.1 Å². The molecular formula is C14H19NO4. The zero-order valence-electron chi connectivity index (χ0n) is 11.4. The quantitative estimate of drug-likeness (QED) is 0.656. The highest BCUT2D eigenvalue weighted by Crippen LogP contribution is 2.15. The molecule has 0 saturated carbocycles. The van der Waals surface area contributed by atoms with Crippen molar-refractivity contribution in [2.24, 2.45) is 0 Å². The van der Waals surface area contributed by atoms with Crippen LogP contribution in [-0.4, -0.2) is 28.8 Å². The number of hydrogen-bond donors (Lipinski definition) is 1. The standard InChI is InChI=1S/C14H19NO4/c1-14(2,3)19-10-12(9-16)8-11-4-6-13(7-5-11)15(17)18/h4-8,16H,9-10H2,1-3H3/b12-8+. The maximum absolute atomic E-state index is 10.5. The average molecular weight is 265 g/mol. The van der Waals surface area contributed by atoms with Gasteiger partial charge in [-0.15, -0.1) is 0 Å². The van der Waals surface area contributed by atoms with Gasteiger partial charge < -0.3 is 9.84 Å². The van der Waals surface area contributed by atoms with Gasteiger partial charge in [-0.05, 0) is 44.0 Å². The molecule has 0 aliphatic rings. The maximum Gasteiger partial charge on any atom is 0.269 e. The van der Waals surface area contributed by atoms with Crippen LogP contribution in [0.15, 0.2) is 29.8 Å². The van der Waals surface area contributed by atoms with Crippen molar-refractivity contribution in [1.29, 1.82) is 0 Å². The number of aliphatic hydroxyl groups is 1. The van der Waals surface area contributed by atoms with Crippen molar-refractivity contribution in [3.8, 4) is 0 Å². The SMILES string of the molecule is CC(C)(C)OC/C(=C/c1ccc([N+](=O)[O-])cc1)CO. The van der Waals surface area contributed by atoms with Crippen LogP contribution in [0.2, 0.25) is 0 Å². The van der Waals surface area contributed by atoms with Crippen molar-refractivity contribution in [2.75, 3.05) is 13.2 Å². The van der Waals surface area contributed by atoms with E-state index in [9.17, 15) is 15.2 Å². The maximum atomic E-state index is 10.5. The van der Waals surface area contributed by atoms with Gasteiger partial charge in [-0.25, -0.2) is 0 Å². The van der Waals surface area contributed by atoms with Gasteiger partial charge in [0.25, 0.3) is 5.69 Å². The summed E-state index contributed by atoms with van der Waals surface area (Å²) in [5, 5.41) is 19.8. The second-order valence-corrected chi connectivity index (χ2v) is 5.21. The number of non-ortho nitro benzene ring substituents is 1. The molecule has 0 atom stereocenters. The number of benzene rings is 1. The lowest BCUT2D eigenvalue weighted by molar-refractivity contribution is -0.384. The van der Waals surface area contributed by atoms with Crippen LogP contribution in [0.5, 0.6) is 0 Å². The fourth-order valence-corrected chi connectivity index (χ4v) is 1.37. The van der Waals surface area contributed by atoms with Crippen LogP contribution in [-0.2, 0) is 4.74 Å². The van der Waals surface area contributed by atoms with E-state index < -0.39 is 4.92 Å². The third-order valence-corrected chi connectivity index (χ3v) is 2.37. The molecule has 1 N–H and O–H groups in total. The molecule has 104 valence electrons. The topological polar surface area (TPSA) is 72.6 Å². The summed E-state index contributed by atoms with van der Waals surface area (Å²) >= 11 is 0. The van der Waals surface area contributed by atoms with Gasteiger partial charge in [0.15, 0.2) is 0 Å². The Morgan fingerprint density at radius 1 is 1.37 bits per heavy atom. The second-order valence-electron chi connectivity index (χ2n) is 5.21. The summed E-state index contributed by atoms with van der Waals surface area (Å²) in [7, 11) is 0. The number of nitro benzene ring substituents is 1. The highest BCUT2D eigenvalue weighted by Gasteiger charge is 2.11. The molecule has 1 rings (SSSR count). The van der Waals surface area contributed by atoms with Crippen molar-refractivity contribution < 1.29 is 14.8 Å². The van der Waals surface area contributed by atoms with Crippen LogP contribution < -0.4 is 0 Å². The Balaban J connectivity index is 2.77. The molecular weight excluding hydrogens is 246 g/mol. The largest absolute Gasteiger partial charge is 0.392 e. The van der Waals surface area contributed by atoms with E-state index in [2.05, 4.69) is 0 Å². The number of rotatable bonds is 5. The molecule has 0 aromatic heterocycles. The first kappa shape index (κ1) is 15.3. The van der Waals surface area contributed by atoms with Gasteiger partial charge in [0.1, 0.15) is 0 Å². The monoisotopic (exact) mass is 265 g/mol. The average Bonchev–Trinajstić information content (AvgIpc) is 2.34. The van der Waals surface area contributed by atoms with Crippen molar-refractivity contribution in [1.82, 2.24) is 0 Å². The molecule has 0 saturated heterocycles. The smallest absolute Gasteiger partial charge is 0.269 e. The van der Waals surface area contributed by atoms with Crippen molar-refractivity contribution in [2.45, 2.75) is 26.4 Å². The molecule has 0 aliphatic heterocycles. The number of nitro groups is 1. The summed E-state index contributed by atoms with van der Waals surface area (Å²) in [6, 6.07) is 6.16. The Labute approximate surface area is 112 Å². The molecule has 19 heavy (non-hydrogen) atoms. The van der Waals surface area contributed by atoms with Crippen LogP contribution in [0.4, 0.5) is 5.69 Å². The molecule has 1 aromatic carbocycles. The molecule has 0 radical (unpaired) electrons. The molecule has 0 bridgehead atoms. The van der Waals surface area contributed by atoms with Crippen molar-refractivity contribution in [3.05, 3.63) is 45.5 Å². The molecule has 0 unspecified atom stereocenters. The first-order valence-corrected chi connectivity index (χ1v) is 6.00. The molecule has 0 heterocycles. The van der Waals surface area contributed by atoms with Crippen molar-refractivity contribution >= 4 is 11.8 Å². The van der Waals surface area contributed by atoms with Gasteiger partial charge in [-0.1, -0.05) is 6.08 Å². The number of ether oxygens (including phenoxy) is 1. The predicted molar refractivity (Wildman–Crippen MR) is 73.9 cm³/mol. The van der Waals surface area contributed by atoms with Crippen LogP contribution in [0.25, 0.3) is 6.08 Å². The first-order chi connectivity index (χ1) is 8.81. The number of aliphatic hydroxyl groups excluding tert-OH is 1. The zero-order chi connectivity index (χ0) is 14.5. The molecule has 0 spiro atoms. The predicted octanol–water partition coefficient (Wildman–Crippen LogP) is 2.79. The van der Waals surface area contributed by atoms with Crippen LogP contribution in [0.3, 0.4) is 0 Å². The normalized spacial score (nSPS) is 12.5. The summed E-state index contributed by atoms with van der Waals surface area (Å²) in [6.45, 7) is 6.04. The van der Waals surface area contributed by atoms with E-state index in [1.54, 1.807) is 18.2 Å². The summed E-state index contributed by atoms with van der Waals surface area (Å²) in [5.74, 6) is 0. The Hall–Kier alpha value is -1.72. The fraction of sp³-hybridized carbons (Fsp3) is 0.429. The highest BCUT2D eigenvalue weighted by molar-refractivity contribution is 5.55. The van der Waals surface area contributed by atoms with E-state index in [1.165, 1.54) is 12.1 Å². The third-order valence-electron chi connectivity index (χ3n) is 2.37. The molecule has 0 fully saturated rings. The first-order valence-electron chi connectivity index (χ1n) is 6.00. The summed E-state index contributed by atoms with van der Waals surface area (Å²) in [4.78, 5) is 10.1. The summed E-state index contributed by atoms with van der Waals surface area (Å²) < 4.78 is 5.58. The molecule has 5 heteroatoms. The molecule has 0 amide bonds. The van der Waals surface area contributed by atoms with Gasteiger partial charge in [0.2, 0.25) is 0 Å². The summed E-state index contributed by atoms with van der Waals surface area (Å²) in [6.07, 6.45) is 1.77. The number of hydrogen-bond acceptors (Lipinski definition) is 4. The zero-order valence-corrected chi connectivity index (χ0v) is 11.4. The van der Waals surface area contributed by atoms with Crippen LogP contribution in [0.1, 0.15) is 26.3 Å². The van der Waals surface area contributed by atoms with Crippen LogP contribution >= 0.6 is 0 Å². The van der Waals surface area contributed by atoms with Gasteiger partial charge in [0, 0.05) is 12.1 Å². The fourth-order valence-electron chi connectivity index (χ4n) is 1.37. The molecule has 5 nitrogen and oxygen atoms in total. The van der Waals surface area contributed by atoms with E-state index in [1.807, 2.05) is 20.8 Å². The van der Waals surface area contributed by atoms with E-state index in [-0.39, 0.29) is 17.9 Å². The van der Waals surface area contributed by atoms with E-state index in [0.29, 0.717) is 6.61 Å². The van der Waals surface area contributed by atoms with E-state index in [0.717, 1.165) is 11.1 Å². The second kappa shape index (κ2) is 6.45. The van der Waals surface area contributed by atoms with Crippen molar-refractivity contribution in [3.63, 3.8) is 0 Å². The Bertz CT molecular complexity index is 457. The minimum atomic E-state index is -0.441. The third kappa shape index (κ3) is 5.63. The van der Waals surface area contributed by atoms with Crippen LogP contribution in [0, 0.1) is 10.1 Å². The van der Waals surface area contributed by atoms with E-state index in [4.69, 9.17) is 4.74 Å². The minimum Gasteiger partial charge on any atom is -0.392 e. The van der Waals surface area contributed by atoms with E-state index >= 15 is 0 Å². The lowest BCUT2D eigenvalue weighted by atomic mass is 10.1. The van der Waals surface area contributed by atoms with Gasteiger partial charge in [-0.2, -0.15) is 0 Å². The Kier molecular flexibility index (Phi) is 5.20. The van der Waals surface area contributed by atoms with Gasteiger partial charge >= 0.3 is 0 Å². The van der Waals surface area contributed by atoms with Gasteiger partial charge in [0.05, 0.1) is 23.7 Å². The highest BCUT2D eigenvalue weighted by atomic mass is 16.6. The molecule has 1 aromatic rings.